The molecule has 0 aliphatic carbocycles. The fraction of sp³-hybridized carbons (Fsp3) is 0.450. The maximum atomic E-state index is 12.8. The zero-order valence-corrected chi connectivity index (χ0v) is 18.1. The molecule has 0 atom stereocenters. The van der Waals surface area contributed by atoms with Crippen LogP contribution < -0.4 is 9.64 Å². The van der Waals surface area contributed by atoms with Crippen LogP contribution in [0.25, 0.3) is 0 Å². The number of ether oxygens (including phenoxy) is 2. The average molecular weight is 407 g/mol. The molecule has 8 heteroatoms. The molecule has 28 heavy (non-hydrogen) atoms. The molecule has 2 heterocycles. The van der Waals surface area contributed by atoms with E-state index in [4.69, 9.17) is 19.1 Å². The number of methoxy groups -OCH3 is 1. The Bertz CT molecular complexity index is 849. The molecule has 2 rings (SSSR count). The van der Waals surface area contributed by atoms with Crippen LogP contribution in [0.2, 0.25) is 0 Å². The van der Waals surface area contributed by atoms with E-state index in [0.717, 1.165) is 33.1 Å². The van der Waals surface area contributed by atoms with Gasteiger partial charge in [-0.25, -0.2) is 4.79 Å². The van der Waals surface area contributed by atoms with Gasteiger partial charge < -0.3 is 9.47 Å². The van der Waals surface area contributed by atoms with Crippen molar-refractivity contribution in [3.05, 3.63) is 39.3 Å². The second-order valence-electron chi connectivity index (χ2n) is 7.06. The van der Waals surface area contributed by atoms with Gasteiger partial charge in [-0.1, -0.05) is 0 Å². The first-order valence-corrected chi connectivity index (χ1v) is 9.46. The number of carbonyl (C=O) groups is 1. The van der Waals surface area contributed by atoms with Crippen LogP contribution >= 0.6 is 11.3 Å². The average Bonchev–Trinajstić information content (AvgIpc) is 2.99. The predicted octanol–water partition coefficient (Wildman–Crippen LogP) is 4.44. The highest BCUT2D eigenvalue weighted by molar-refractivity contribution is 7.10. The van der Waals surface area contributed by atoms with Crippen molar-refractivity contribution in [1.29, 1.82) is 0 Å². The summed E-state index contributed by atoms with van der Waals surface area (Å²) in [6, 6.07) is 1.94. The molecule has 2 aromatic heterocycles. The molecule has 0 aliphatic heterocycles. The second-order valence-corrected chi connectivity index (χ2v) is 8.18. The van der Waals surface area contributed by atoms with Gasteiger partial charge >= 0.3 is 12.2 Å². The van der Waals surface area contributed by atoms with Crippen LogP contribution in [-0.2, 0) is 20.9 Å². The molecule has 0 spiro atoms. The lowest BCUT2D eigenvalue weighted by Crippen LogP contribution is -2.37. The van der Waals surface area contributed by atoms with Gasteiger partial charge in [0.25, 0.3) is 0 Å². The Morgan fingerprint density at radius 1 is 1.25 bits per heavy atom. The zero-order valence-electron chi connectivity index (χ0n) is 17.3. The van der Waals surface area contributed by atoms with Gasteiger partial charge in [0, 0.05) is 22.2 Å². The van der Waals surface area contributed by atoms with E-state index in [1.54, 1.807) is 29.5 Å². The highest BCUT2D eigenvalue weighted by Gasteiger charge is 2.26. The first-order chi connectivity index (χ1) is 13.1. The number of hydrogen-bond acceptors (Lipinski definition) is 7. The number of aryl methyl sites for hydroxylation is 2. The van der Waals surface area contributed by atoms with Crippen LogP contribution in [0.4, 0.5) is 10.5 Å². The van der Waals surface area contributed by atoms with Crippen molar-refractivity contribution in [2.24, 2.45) is 0 Å². The monoisotopic (exact) mass is 406 g/mol. The Kier molecular flexibility index (Phi) is 8.35. The lowest BCUT2D eigenvalue weighted by Gasteiger charge is -2.28. The van der Waals surface area contributed by atoms with Crippen molar-refractivity contribution in [1.82, 2.24) is 4.98 Å². The summed E-state index contributed by atoms with van der Waals surface area (Å²) in [6.45, 7) is 11.8. The van der Waals surface area contributed by atoms with E-state index in [0.29, 0.717) is 6.54 Å². The van der Waals surface area contributed by atoms with Crippen molar-refractivity contribution in [2.45, 2.75) is 53.7 Å². The SMILES string of the molecule is COc1c(C)cnc(CN(C(=O)OC(C)(C)C)c2ccsc2C)c1C.O=C=O. The van der Waals surface area contributed by atoms with Crippen LogP contribution in [0.3, 0.4) is 0 Å². The van der Waals surface area contributed by atoms with Gasteiger partial charge in [-0.05, 0) is 53.0 Å². The number of carbonyl (C=O) groups excluding carboxylic acids is 3. The number of aromatic nitrogens is 1. The Morgan fingerprint density at radius 2 is 1.86 bits per heavy atom. The largest absolute Gasteiger partial charge is 0.496 e. The maximum Gasteiger partial charge on any atom is 0.415 e. The summed E-state index contributed by atoms with van der Waals surface area (Å²) in [5.41, 5.74) is 2.98. The Morgan fingerprint density at radius 3 is 2.32 bits per heavy atom. The topological polar surface area (TPSA) is 85.8 Å². The number of rotatable bonds is 4. The summed E-state index contributed by atoms with van der Waals surface area (Å²) >= 11 is 1.60. The molecule has 0 aromatic carbocycles. The van der Waals surface area contributed by atoms with Crippen LogP contribution in [0.15, 0.2) is 17.6 Å². The summed E-state index contributed by atoms with van der Waals surface area (Å²) in [4.78, 5) is 36.3. The van der Waals surface area contributed by atoms with E-state index < -0.39 is 5.60 Å². The molecule has 0 N–H and O–H groups in total. The molecule has 0 radical (unpaired) electrons. The molecular weight excluding hydrogens is 380 g/mol. The fourth-order valence-corrected chi connectivity index (χ4v) is 3.30. The molecule has 0 saturated carbocycles. The van der Waals surface area contributed by atoms with Gasteiger partial charge in [0.1, 0.15) is 11.4 Å². The van der Waals surface area contributed by atoms with E-state index in [9.17, 15) is 4.79 Å². The molecule has 0 unspecified atom stereocenters. The number of nitrogens with zero attached hydrogens (tertiary/aromatic N) is 2. The first kappa shape index (κ1) is 23.3. The third-order valence-electron chi connectivity index (χ3n) is 3.79. The third kappa shape index (κ3) is 6.18. The molecule has 0 aliphatic rings. The summed E-state index contributed by atoms with van der Waals surface area (Å²) in [7, 11) is 1.65. The lowest BCUT2D eigenvalue weighted by atomic mass is 10.1. The number of hydrogen-bond donors (Lipinski definition) is 0. The minimum Gasteiger partial charge on any atom is -0.496 e. The van der Waals surface area contributed by atoms with E-state index in [1.165, 1.54) is 0 Å². The molecule has 1 amide bonds. The van der Waals surface area contributed by atoms with E-state index >= 15 is 0 Å². The summed E-state index contributed by atoms with van der Waals surface area (Å²) in [5.74, 6) is 0.802. The van der Waals surface area contributed by atoms with Crippen LogP contribution in [-0.4, -0.2) is 29.9 Å². The van der Waals surface area contributed by atoms with Gasteiger partial charge in [-0.2, -0.15) is 9.59 Å². The molecular formula is C20H26N2O5S. The first-order valence-electron chi connectivity index (χ1n) is 8.58. The van der Waals surface area contributed by atoms with Crippen molar-refractivity contribution >= 4 is 29.3 Å². The highest BCUT2D eigenvalue weighted by atomic mass is 32.1. The standard InChI is InChI=1S/C19H26N2O3S.CO2/c1-12-10-20-15(13(2)17(12)23-7)11-21(16-8-9-25-14(16)3)18(22)24-19(4,5)6;2-1-3/h8-10H,11H2,1-7H3;. The maximum absolute atomic E-state index is 12.8. The van der Waals surface area contributed by atoms with Crippen molar-refractivity contribution in [2.75, 3.05) is 12.0 Å². The third-order valence-corrected chi connectivity index (χ3v) is 4.63. The molecule has 0 bridgehead atoms. The van der Waals surface area contributed by atoms with E-state index in [-0.39, 0.29) is 12.2 Å². The Balaban J connectivity index is 0.00000122. The summed E-state index contributed by atoms with van der Waals surface area (Å²) in [6.07, 6.45) is 1.64. The summed E-state index contributed by atoms with van der Waals surface area (Å²) < 4.78 is 11.1. The number of pyridine rings is 1. The van der Waals surface area contributed by atoms with Gasteiger partial charge in [-0.3, -0.25) is 9.88 Å². The van der Waals surface area contributed by atoms with E-state index in [2.05, 4.69) is 4.98 Å². The molecule has 0 fully saturated rings. The number of amides is 1. The molecule has 2 aromatic rings. The Hall–Kier alpha value is -2.70. The molecule has 0 saturated heterocycles. The number of anilines is 1. The molecule has 7 nitrogen and oxygen atoms in total. The van der Waals surface area contributed by atoms with Crippen LogP contribution in [0.1, 0.15) is 42.5 Å². The normalized spacial score (nSPS) is 10.4. The van der Waals surface area contributed by atoms with Crippen LogP contribution in [0.5, 0.6) is 5.75 Å². The van der Waals surface area contributed by atoms with Crippen molar-refractivity contribution < 1.29 is 23.9 Å². The van der Waals surface area contributed by atoms with Gasteiger partial charge in [0.05, 0.1) is 25.0 Å². The zero-order chi connectivity index (χ0) is 21.5. The van der Waals surface area contributed by atoms with Crippen LogP contribution in [0, 0.1) is 20.8 Å². The quantitative estimate of drug-likeness (QED) is 0.746. The predicted molar refractivity (Wildman–Crippen MR) is 107 cm³/mol. The lowest BCUT2D eigenvalue weighted by molar-refractivity contribution is -0.191. The Labute approximate surface area is 169 Å². The summed E-state index contributed by atoms with van der Waals surface area (Å²) in [5, 5.41) is 1.97. The minimum absolute atomic E-state index is 0.250. The minimum atomic E-state index is -0.563. The van der Waals surface area contributed by atoms with Crippen molar-refractivity contribution in [3.63, 3.8) is 0 Å². The number of thiophene rings is 1. The van der Waals surface area contributed by atoms with Gasteiger partial charge in [0.2, 0.25) is 0 Å². The fourth-order valence-electron chi connectivity index (χ4n) is 2.60. The van der Waals surface area contributed by atoms with Gasteiger partial charge in [0.15, 0.2) is 0 Å². The highest BCUT2D eigenvalue weighted by Crippen LogP contribution is 2.30. The van der Waals surface area contributed by atoms with Gasteiger partial charge in [-0.15, -0.1) is 11.3 Å². The van der Waals surface area contributed by atoms with E-state index in [1.807, 2.05) is 53.0 Å². The second kappa shape index (κ2) is 10.0. The van der Waals surface area contributed by atoms with Crippen molar-refractivity contribution in [3.8, 4) is 5.75 Å². The smallest absolute Gasteiger partial charge is 0.415 e. The molecule has 152 valence electrons.